The van der Waals surface area contributed by atoms with Gasteiger partial charge in [0.2, 0.25) is 0 Å². The van der Waals surface area contributed by atoms with Crippen molar-refractivity contribution in [3.63, 3.8) is 0 Å². The molecule has 0 aromatic carbocycles. The zero-order valence-corrected chi connectivity index (χ0v) is 45.1. The van der Waals surface area contributed by atoms with Gasteiger partial charge in [-0.1, -0.05) is 24.3 Å². The zero-order chi connectivity index (χ0) is 57.4. The minimum atomic E-state index is -4.94. The van der Waals surface area contributed by atoms with E-state index >= 15 is 0 Å². The summed E-state index contributed by atoms with van der Waals surface area (Å²) >= 11 is 0. The summed E-state index contributed by atoms with van der Waals surface area (Å²) in [5.41, 5.74) is 3.63. The van der Waals surface area contributed by atoms with E-state index in [9.17, 15) is 0 Å². The maximum absolute atomic E-state index is 8.49. The Hall–Kier alpha value is -4.37. The molecule has 0 unspecified atom stereocenters. The number of aromatic nitrogens is 4. The first-order valence-corrected chi connectivity index (χ1v) is 25.0. The number of pyridine rings is 4. The number of nitriles is 2. The quantitative estimate of drug-likeness (QED) is 0.0359. The van der Waals surface area contributed by atoms with Crippen LogP contribution in [0.5, 0.6) is 0 Å². The fourth-order valence-electron chi connectivity index (χ4n) is 3.87. The van der Waals surface area contributed by atoms with Gasteiger partial charge in [0.15, 0.2) is 0 Å². The Kier molecular flexibility index (Phi) is 67.4. The summed E-state index contributed by atoms with van der Waals surface area (Å²) in [7, 11) is -19.8. The molecule has 0 saturated carbocycles. The zero-order valence-electron chi connectivity index (χ0n) is 40.0. The molecule has 0 spiro atoms. The van der Waals surface area contributed by atoms with Crippen molar-refractivity contribution in [3.05, 3.63) is 120 Å². The van der Waals surface area contributed by atoms with Gasteiger partial charge in [-0.05, 0) is 100 Å². The number of nitrogens with one attached hydrogen (secondary N) is 2. The van der Waals surface area contributed by atoms with Crippen molar-refractivity contribution in [3.8, 4) is 12.1 Å². The van der Waals surface area contributed by atoms with Crippen molar-refractivity contribution < 1.29 is 160 Å². The number of halogens is 4. The van der Waals surface area contributed by atoms with E-state index in [1.165, 1.54) is 13.8 Å². The fourth-order valence-corrected chi connectivity index (χ4v) is 3.87. The largest absolute Gasteiger partial charge is 3.00 e. The molecular weight excluding hydrogens is 1200 g/mol. The van der Waals surface area contributed by atoms with Crippen molar-refractivity contribution >= 4 is 24.9 Å². The molecule has 0 aliphatic carbocycles. The first kappa shape index (κ1) is 85.5. The first-order valence-electron chi connectivity index (χ1n) is 20.0. The van der Waals surface area contributed by atoms with E-state index in [0.717, 1.165) is 101 Å². The average Bonchev–Trinajstić information content (AvgIpc) is 3.31. The van der Waals surface area contributed by atoms with Gasteiger partial charge < -0.3 is 21.1 Å². The van der Waals surface area contributed by atoms with Crippen LogP contribution in [0.15, 0.2) is 118 Å². The fraction of sp³-hybridized carbons (Fsp3) is 0.350. The van der Waals surface area contributed by atoms with Crippen LogP contribution in [0.4, 0.5) is 0 Å². The molecule has 0 atom stereocenters. The molecule has 4 aromatic rings. The molecule has 0 saturated heterocycles. The Balaban J connectivity index is -0.000000166. The van der Waals surface area contributed by atoms with Crippen LogP contribution >= 0.6 is 0 Å². The summed E-state index contributed by atoms with van der Waals surface area (Å²) in [5, 5.41) is 35.4. The van der Waals surface area contributed by atoms with Gasteiger partial charge in [0, 0.05) is 89.7 Å². The standard InChI is InChI=1S/2C18H23N5.2C2H3N.4ClHO4.2Co.O2/c2*1-3-13-22-17(7-1)15-20-11-5-9-19-10-6-12-21-16-18-8-2-4-14-23-18;2*1-2-3;4*2-1(3,4)5;;;1-2/h2*1-4,7-8,13-16,19H,5-6,9-12H2;2*1H3;4*(H,2,3,4,5);;;/q;;;;;;;;2*+3;-2/p-4. The number of nitrogens with zero attached hydrogens (tertiary/aromatic N) is 10. The van der Waals surface area contributed by atoms with Crippen LogP contribution in [0.2, 0.25) is 0 Å². The summed E-state index contributed by atoms with van der Waals surface area (Å²) < 4.78 is 136. The summed E-state index contributed by atoms with van der Waals surface area (Å²) in [6, 6.07) is 26.8. The van der Waals surface area contributed by atoms with Crippen molar-refractivity contribution in [1.29, 1.82) is 10.5 Å². The number of aliphatic imine (C=N–C) groups is 4. The van der Waals surface area contributed by atoms with E-state index in [1.807, 2.05) is 97.7 Å². The molecule has 0 bridgehead atoms. The van der Waals surface area contributed by atoms with E-state index in [-0.39, 0.29) is 33.6 Å². The van der Waals surface area contributed by atoms with Gasteiger partial charge in [-0.3, -0.25) is 39.9 Å². The van der Waals surface area contributed by atoms with Gasteiger partial charge in [0.1, 0.15) is 0 Å². The molecule has 0 fully saturated rings. The van der Waals surface area contributed by atoms with Crippen LogP contribution in [0.3, 0.4) is 0 Å². The van der Waals surface area contributed by atoms with Crippen molar-refractivity contribution in [2.24, 2.45) is 20.0 Å². The van der Waals surface area contributed by atoms with Crippen LogP contribution < -0.4 is 95.7 Å². The van der Waals surface area contributed by atoms with Gasteiger partial charge in [-0.15, -0.1) is 41.0 Å². The van der Waals surface area contributed by atoms with Gasteiger partial charge in [-0.25, -0.2) is 74.5 Å². The van der Waals surface area contributed by atoms with Crippen LogP contribution in [0.25, 0.3) is 0 Å². The van der Waals surface area contributed by atoms with Crippen LogP contribution in [0, 0.1) is 63.6 Å². The molecule has 4 heterocycles. The second kappa shape index (κ2) is 59.9. The molecule has 0 amide bonds. The van der Waals surface area contributed by atoms with Crippen LogP contribution in [-0.4, -0.2) is 97.2 Å². The summed E-state index contributed by atoms with van der Waals surface area (Å²) in [6.07, 6.45) is 18.5. The molecule has 0 aliphatic rings. The Bertz CT molecular complexity index is 1730. The third kappa shape index (κ3) is 106. The predicted molar refractivity (Wildman–Crippen MR) is 214 cm³/mol. The second-order valence-corrected chi connectivity index (χ2v) is 15.1. The average molecular weight is 1250 g/mol. The maximum Gasteiger partial charge on any atom is 3.00 e. The van der Waals surface area contributed by atoms with Crippen molar-refractivity contribution in [1.82, 2.24) is 30.6 Å². The van der Waals surface area contributed by atoms with Gasteiger partial charge in [0.25, 0.3) is 0 Å². The van der Waals surface area contributed by atoms with Crippen molar-refractivity contribution in [2.75, 3.05) is 52.4 Å². The summed E-state index contributed by atoms with van der Waals surface area (Å²) in [6.45, 7) is 10.0. The molecule has 4 rings (SSSR count). The van der Waals surface area contributed by atoms with Crippen molar-refractivity contribution in [2.45, 2.75) is 39.5 Å². The first-order chi connectivity index (χ1) is 34.7. The maximum atomic E-state index is 8.49. The predicted octanol–water partition coefficient (Wildman–Crippen LogP) is -15.6. The number of hydrogen-bond acceptors (Lipinski definition) is 30. The topological polar surface area (TPSA) is 588 Å². The summed E-state index contributed by atoms with van der Waals surface area (Å²) in [4.78, 5) is 34.2. The van der Waals surface area contributed by atoms with E-state index in [2.05, 4.69) is 50.5 Å². The molecule has 36 heteroatoms. The minimum Gasteiger partial charge on any atom is -1.00 e. The van der Waals surface area contributed by atoms with Gasteiger partial charge in [0.05, 0.1) is 34.9 Å². The van der Waals surface area contributed by atoms with E-state index in [1.54, 1.807) is 36.9 Å². The smallest absolute Gasteiger partial charge is 1.00 e. The second-order valence-electron chi connectivity index (χ2n) is 12.0. The number of rotatable bonds is 20. The van der Waals surface area contributed by atoms with E-state index in [4.69, 9.17) is 95.6 Å². The molecule has 426 valence electrons. The summed E-state index contributed by atoms with van der Waals surface area (Å²) in [5.74, 6) is 0. The Labute approximate surface area is 467 Å². The Morgan fingerprint density at radius 3 is 0.684 bits per heavy atom. The molecule has 30 nitrogen and oxygen atoms in total. The van der Waals surface area contributed by atoms with Gasteiger partial charge in [-0.2, -0.15) is 10.5 Å². The molecule has 4 aromatic heterocycles. The van der Waals surface area contributed by atoms with Crippen LogP contribution in [-0.2, 0) is 33.6 Å². The monoisotopic (exact) mass is 1250 g/mol. The molecular formula is C40H52Cl4Co2N12O18. The Morgan fingerprint density at radius 2 is 0.553 bits per heavy atom. The third-order valence-electron chi connectivity index (χ3n) is 6.21. The van der Waals surface area contributed by atoms with E-state index in [0.29, 0.717) is 0 Å². The molecule has 0 aliphatic heterocycles. The van der Waals surface area contributed by atoms with Gasteiger partial charge >= 0.3 is 33.6 Å². The molecule has 0 radical (unpaired) electrons. The van der Waals surface area contributed by atoms with Crippen LogP contribution in [0.1, 0.15) is 62.3 Å². The number of hydrogen-bond donors (Lipinski definition) is 2. The SMILES string of the molecule is C(=NCCCNCCCN=Cc1ccccn1)c1ccccn1.C(=NCCCNCCCN=Cc1ccccn1)c1ccccn1.CC#N.CC#N.[Co+3].[Co+3].[O-][Cl+3]([O-])([O-])[O-].[O-][Cl+3]([O-])([O-])[O-].[O-][Cl+3]([O-])([O-])[O-].[O-][Cl+3]([O-])([O-])[O-].[O-][O-]. The van der Waals surface area contributed by atoms with E-state index < -0.39 is 41.0 Å². The normalized spacial score (nSPS) is 10.4. The minimum absolute atomic E-state index is 0. The third-order valence-corrected chi connectivity index (χ3v) is 6.21. The molecule has 76 heavy (non-hydrogen) atoms. The Morgan fingerprint density at radius 1 is 0.395 bits per heavy atom. The molecule has 2 N–H and O–H groups in total.